The Labute approximate surface area is 138 Å². The third-order valence-corrected chi connectivity index (χ3v) is 4.57. The highest BCUT2D eigenvalue weighted by molar-refractivity contribution is 7.14. The number of carbonyl (C=O) groups excluding carboxylic acids is 2. The summed E-state index contributed by atoms with van der Waals surface area (Å²) in [6.45, 7) is 4.39. The Bertz CT molecular complexity index is 714. The lowest BCUT2D eigenvalue weighted by Crippen LogP contribution is -2.33. The van der Waals surface area contributed by atoms with E-state index in [2.05, 4.69) is 15.3 Å². The van der Waals surface area contributed by atoms with Crippen LogP contribution in [0.1, 0.15) is 20.3 Å². The number of hydrogen-bond donors (Lipinski definition) is 1. The van der Waals surface area contributed by atoms with Gasteiger partial charge >= 0.3 is 0 Å². The Kier molecular flexibility index (Phi) is 4.38. The molecule has 0 saturated carbocycles. The summed E-state index contributed by atoms with van der Waals surface area (Å²) in [5.41, 5.74) is 1.50. The molecule has 0 bridgehead atoms. The quantitative estimate of drug-likeness (QED) is 0.934. The predicted molar refractivity (Wildman–Crippen MR) is 88.9 cm³/mol. The van der Waals surface area contributed by atoms with Gasteiger partial charge in [-0.1, -0.05) is 6.07 Å². The number of pyridine rings is 1. The number of thiazole rings is 1. The molecule has 1 atom stereocenters. The summed E-state index contributed by atoms with van der Waals surface area (Å²) in [5.74, 6) is -0.427. The van der Waals surface area contributed by atoms with E-state index in [0.717, 1.165) is 11.4 Å². The number of carbonyl (C=O) groups is 2. The number of amides is 2. The molecular formula is C16H18N4O2S. The number of hydrogen-bond acceptors (Lipinski definition) is 5. The third-order valence-electron chi connectivity index (χ3n) is 3.81. The van der Waals surface area contributed by atoms with Gasteiger partial charge in [-0.25, -0.2) is 4.98 Å². The Balaban J connectivity index is 1.65. The van der Waals surface area contributed by atoms with Gasteiger partial charge in [0.25, 0.3) is 0 Å². The zero-order chi connectivity index (χ0) is 16.4. The fraction of sp³-hybridized carbons (Fsp3) is 0.375. The van der Waals surface area contributed by atoms with Crippen LogP contribution in [0.4, 0.5) is 5.13 Å². The first-order valence-corrected chi connectivity index (χ1v) is 8.40. The van der Waals surface area contributed by atoms with E-state index in [1.54, 1.807) is 11.1 Å². The van der Waals surface area contributed by atoms with E-state index in [1.807, 2.05) is 37.4 Å². The van der Waals surface area contributed by atoms with Crippen molar-refractivity contribution in [2.45, 2.75) is 26.3 Å². The van der Waals surface area contributed by atoms with Gasteiger partial charge in [-0.2, -0.15) is 0 Å². The van der Waals surface area contributed by atoms with Crippen LogP contribution >= 0.6 is 11.3 Å². The molecule has 1 fully saturated rings. The normalized spacial score (nSPS) is 17.8. The highest BCUT2D eigenvalue weighted by Gasteiger charge is 2.35. The molecule has 3 heterocycles. The first-order valence-electron chi connectivity index (χ1n) is 7.52. The van der Waals surface area contributed by atoms with Crippen LogP contribution in [0.3, 0.4) is 0 Å². The summed E-state index contributed by atoms with van der Waals surface area (Å²) in [7, 11) is 0. The molecule has 0 radical (unpaired) electrons. The maximum Gasteiger partial charge on any atom is 0.231 e. The van der Waals surface area contributed by atoms with Gasteiger partial charge in [0.1, 0.15) is 5.69 Å². The second kappa shape index (κ2) is 6.45. The molecule has 2 aromatic rings. The Morgan fingerprint density at radius 3 is 2.87 bits per heavy atom. The van der Waals surface area contributed by atoms with Crippen LogP contribution in [0, 0.1) is 5.92 Å². The van der Waals surface area contributed by atoms with E-state index >= 15 is 0 Å². The molecule has 7 heteroatoms. The number of nitrogens with zero attached hydrogens (tertiary/aromatic N) is 3. The van der Waals surface area contributed by atoms with Crippen molar-refractivity contribution < 1.29 is 9.59 Å². The molecule has 6 nitrogen and oxygen atoms in total. The molecule has 1 aliphatic heterocycles. The van der Waals surface area contributed by atoms with E-state index in [0.29, 0.717) is 11.7 Å². The van der Waals surface area contributed by atoms with Crippen molar-refractivity contribution in [3.63, 3.8) is 0 Å². The molecule has 0 spiro atoms. The van der Waals surface area contributed by atoms with Crippen molar-refractivity contribution >= 4 is 28.3 Å². The first-order chi connectivity index (χ1) is 11.0. The number of nitrogens with one attached hydrogen (secondary N) is 1. The van der Waals surface area contributed by atoms with Gasteiger partial charge in [-0.05, 0) is 26.0 Å². The maximum absolute atomic E-state index is 12.3. The molecule has 120 valence electrons. The third kappa shape index (κ3) is 3.39. The molecule has 23 heavy (non-hydrogen) atoms. The number of rotatable bonds is 4. The summed E-state index contributed by atoms with van der Waals surface area (Å²) in [4.78, 5) is 34.6. The number of likely N-dealkylation sites (tertiary alicyclic amines) is 1. The summed E-state index contributed by atoms with van der Waals surface area (Å²) in [5, 5.41) is 5.21. The average Bonchev–Trinajstić information content (AvgIpc) is 3.15. The van der Waals surface area contributed by atoms with Crippen LogP contribution in [-0.4, -0.2) is 39.3 Å². The van der Waals surface area contributed by atoms with Crippen LogP contribution in [0.5, 0.6) is 0 Å². The second-order valence-electron chi connectivity index (χ2n) is 5.78. The smallest absolute Gasteiger partial charge is 0.231 e. The van der Waals surface area contributed by atoms with Crippen molar-refractivity contribution in [2.75, 3.05) is 11.9 Å². The summed E-state index contributed by atoms with van der Waals surface area (Å²) >= 11 is 1.36. The van der Waals surface area contributed by atoms with Gasteiger partial charge < -0.3 is 10.2 Å². The summed E-state index contributed by atoms with van der Waals surface area (Å²) in [6.07, 6.45) is 1.97. The van der Waals surface area contributed by atoms with E-state index in [1.165, 1.54) is 11.3 Å². The van der Waals surface area contributed by atoms with Gasteiger partial charge in [0.2, 0.25) is 11.8 Å². The van der Waals surface area contributed by atoms with Crippen molar-refractivity contribution in [2.24, 2.45) is 5.92 Å². The molecule has 2 amide bonds. The van der Waals surface area contributed by atoms with Gasteiger partial charge in [0.05, 0.1) is 11.6 Å². The molecule has 1 saturated heterocycles. The largest absolute Gasteiger partial charge is 0.339 e. The van der Waals surface area contributed by atoms with Gasteiger partial charge in [-0.15, -0.1) is 11.3 Å². The van der Waals surface area contributed by atoms with Crippen LogP contribution in [-0.2, 0) is 9.59 Å². The van der Waals surface area contributed by atoms with Gasteiger partial charge in [0, 0.05) is 30.6 Å². The lowest BCUT2D eigenvalue weighted by Gasteiger charge is -2.20. The molecule has 0 aromatic carbocycles. The highest BCUT2D eigenvalue weighted by Crippen LogP contribution is 2.25. The molecular weight excluding hydrogens is 312 g/mol. The van der Waals surface area contributed by atoms with Crippen molar-refractivity contribution in [3.05, 3.63) is 29.8 Å². The predicted octanol–water partition coefficient (Wildman–Crippen LogP) is 2.40. The minimum absolute atomic E-state index is 0.0356. The Hall–Kier alpha value is -2.28. The zero-order valence-electron chi connectivity index (χ0n) is 13.0. The topological polar surface area (TPSA) is 75.2 Å². The van der Waals surface area contributed by atoms with Crippen LogP contribution in [0.15, 0.2) is 29.8 Å². The average molecular weight is 330 g/mol. The SMILES string of the molecule is CC(C)N1CC(C(=O)Nc2nc(-c3ccccn3)cs2)CC1=O. The molecule has 3 rings (SSSR count). The van der Waals surface area contributed by atoms with E-state index in [-0.39, 0.29) is 30.2 Å². The van der Waals surface area contributed by atoms with Crippen molar-refractivity contribution in [1.29, 1.82) is 0 Å². The number of aromatic nitrogens is 2. The summed E-state index contributed by atoms with van der Waals surface area (Å²) in [6, 6.07) is 5.73. The van der Waals surface area contributed by atoms with E-state index in [9.17, 15) is 9.59 Å². The highest BCUT2D eigenvalue weighted by atomic mass is 32.1. The fourth-order valence-corrected chi connectivity index (χ4v) is 3.28. The first kappa shape index (κ1) is 15.6. The monoisotopic (exact) mass is 330 g/mol. The zero-order valence-corrected chi connectivity index (χ0v) is 13.8. The van der Waals surface area contributed by atoms with Crippen molar-refractivity contribution in [1.82, 2.24) is 14.9 Å². The number of anilines is 1. The molecule has 1 aliphatic rings. The molecule has 2 aromatic heterocycles. The maximum atomic E-state index is 12.3. The van der Waals surface area contributed by atoms with Gasteiger partial charge in [0.15, 0.2) is 5.13 Å². The lowest BCUT2D eigenvalue weighted by molar-refractivity contribution is -0.129. The van der Waals surface area contributed by atoms with E-state index in [4.69, 9.17) is 0 Å². The minimum Gasteiger partial charge on any atom is -0.339 e. The Morgan fingerprint density at radius 2 is 2.22 bits per heavy atom. The van der Waals surface area contributed by atoms with Crippen LogP contribution in [0.25, 0.3) is 11.4 Å². The second-order valence-corrected chi connectivity index (χ2v) is 6.64. The van der Waals surface area contributed by atoms with Crippen LogP contribution in [0.2, 0.25) is 0 Å². The lowest BCUT2D eigenvalue weighted by atomic mass is 10.1. The molecule has 1 unspecified atom stereocenters. The Morgan fingerprint density at radius 1 is 1.39 bits per heavy atom. The van der Waals surface area contributed by atoms with E-state index < -0.39 is 0 Å². The fourth-order valence-electron chi connectivity index (χ4n) is 2.58. The van der Waals surface area contributed by atoms with Gasteiger partial charge in [-0.3, -0.25) is 14.6 Å². The minimum atomic E-state index is -0.313. The molecule has 1 N–H and O–H groups in total. The van der Waals surface area contributed by atoms with Crippen molar-refractivity contribution in [3.8, 4) is 11.4 Å². The van der Waals surface area contributed by atoms with Crippen LogP contribution < -0.4 is 5.32 Å². The standard InChI is InChI=1S/C16H18N4O2S/c1-10(2)20-8-11(7-14(20)21)15(22)19-16-18-13(9-23-16)12-5-3-4-6-17-12/h3-6,9-11H,7-8H2,1-2H3,(H,18,19,22). The summed E-state index contributed by atoms with van der Waals surface area (Å²) < 4.78 is 0. The molecule has 0 aliphatic carbocycles.